The lowest BCUT2D eigenvalue weighted by Crippen LogP contribution is -2.46. The number of rotatable bonds is 3. The van der Waals surface area contributed by atoms with Gasteiger partial charge in [-0.05, 0) is 44.0 Å². The fourth-order valence-electron chi connectivity index (χ4n) is 2.19. The average Bonchev–Trinajstić information content (AvgIpc) is 2.58. The third-order valence-electron chi connectivity index (χ3n) is 3.45. The van der Waals surface area contributed by atoms with Gasteiger partial charge in [0.2, 0.25) is 5.82 Å². The maximum absolute atomic E-state index is 12.6. The molecule has 0 saturated carbocycles. The molecule has 0 aliphatic carbocycles. The number of carbonyl (C=O) groups is 2. The number of carboxylic acid groups (broad SMARTS) is 1. The van der Waals surface area contributed by atoms with E-state index in [1.165, 1.54) is 6.07 Å². The summed E-state index contributed by atoms with van der Waals surface area (Å²) in [5, 5.41) is 11.4. The number of alkyl halides is 3. The molecule has 0 aliphatic heterocycles. The molecule has 11 heteroatoms. The van der Waals surface area contributed by atoms with Crippen LogP contribution in [-0.4, -0.2) is 32.7 Å². The summed E-state index contributed by atoms with van der Waals surface area (Å²) in [6, 6.07) is 4.64. The molecule has 0 saturated heterocycles. The fourth-order valence-corrected chi connectivity index (χ4v) is 2.56. The lowest BCUT2D eigenvalue weighted by Gasteiger charge is -2.28. The number of hydrogen-bond acceptors (Lipinski definition) is 6. The van der Waals surface area contributed by atoms with E-state index >= 15 is 0 Å². The van der Waals surface area contributed by atoms with Crippen molar-refractivity contribution in [1.29, 1.82) is 0 Å². The molecular weight excluding hydrogens is 459 g/mol. The minimum absolute atomic E-state index is 0.281. The Morgan fingerprint density at radius 2 is 1.72 bits per heavy atom. The summed E-state index contributed by atoms with van der Waals surface area (Å²) >= 11 is 3.26. The molecule has 2 aromatic rings. The Hall–Kier alpha value is -2.69. The van der Waals surface area contributed by atoms with Gasteiger partial charge in [-0.2, -0.15) is 13.2 Å². The number of hydrogen-bond donors (Lipinski definition) is 0. The van der Waals surface area contributed by atoms with Gasteiger partial charge in [0.1, 0.15) is 11.7 Å². The normalized spacial score (nSPS) is 11.8. The first-order valence-electron chi connectivity index (χ1n) is 8.17. The summed E-state index contributed by atoms with van der Waals surface area (Å²) < 4.78 is 43.4. The number of nitrogens with zero attached hydrogens (tertiary/aromatic N) is 3. The summed E-state index contributed by atoms with van der Waals surface area (Å²) in [7, 11) is 0. The Kier molecular flexibility index (Phi) is 6.51. The van der Waals surface area contributed by atoms with E-state index in [1.807, 2.05) is 0 Å². The second-order valence-electron chi connectivity index (χ2n) is 6.93. The van der Waals surface area contributed by atoms with Crippen LogP contribution in [0.3, 0.4) is 0 Å². The molecule has 1 aromatic heterocycles. The van der Waals surface area contributed by atoms with Crippen molar-refractivity contribution >= 4 is 28.1 Å². The zero-order chi connectivity index (χ0) is 22.0. The molecule has 0 fully saturated rings. The highest BCUT2D eigenvalue weighted by Crippen LogP contribution is 2.29. The standard InChI is InChI=1S/C18H17BrF3N3O4/c1-17(2,3)29-16(28)25(15(26)27)9-11-6-10(4-5-13(11)19)12-7-23-14(24-8-12)18(20,21)22/h4-8H,9H2,1-3H3,(H,26,27)/p-1. The van der Waals surface area contributed by atoms with Gasteiger partial charge in [0.25, 0.3) is 0 Å². The number of ether oxygens (including phenoxy) is 1. The monoisotopic (exact) mass is 474 g/mol. The topological polar surface area (TPSA) is 95.5 Å². The molecule has 0 bridgehead atoms. The molecule has 1 aromatic carbocycles. The SMILES string of the molecule is CC(C)(C)OC(=O)N(Cc1cc(-c2cnc(C(F)(F)F)nc2)ccc1Br)C(=O)[O-]. The molecule has 0 aliphatic rings. The Morgan fingerprint density at radius 1 is 1.14 bits per heavy atom. The highest BCUT2D eigenvalue weighted by atomic mass is 79.9. The third kappa shape index (κ3) is 6.14. The van der Waals surface area contributed by atoms with Crippen LogP contribution >= 0.6 is 15.9 Å². The number of imide groups is 1. The van der Waals surface area contributed by atoms with E-state index in [2.05, 4.69) is 25.9 Å². The Morgan fingerprint density at radius 3 is 2.21 bits per heavy atom. The average molecular weight is 475 g/mol. The number of benzene rings is 1. The Labute approximate surface area is 172 Å². The summed E-state index contributed by atoms with van der Waals surface area (Å²) in [5.74, 6) is -1.27. The fraction of sp³-hybridized carbons (Fsp3) is 0.333. The van der Waals surface area contributed by atoms with Gasteiger partial charge in [-0.15, -0.1) is 0 Å². The highest BCUT2D eigenvalue weighted by Gasteiger charge is 2.34. The van der Waals surface area contributed by atoms with Crippen LogP contribution in [0.15, 0.2) is 35.1 Å². The van der Waals surface area contributed by atoms with Crippen molar-refractivity contribution in [2.45, 2.75) is 39.1 Å². The molecule has 7 nitrogen and oxygen atoms in total. The van der Waals surface area contributed by atoms with Crippen molar-refractivity contribution in [2.24, 2.45) is 0 Å². The van der Waals surface area contributed by atoms with Crippen LogP contribution in [0.25, 0.3) is 11.1 Å². The van der Waals surface area contributed by atoms with Crippen molar-refractivity contribution in [3.63, 3.8) is 0 Å². The first-order valence-corrected chi connectivity index (χ1v) is 8.97. The van der Waals surface area contributed by atoms with Crippen molar-refractivity contribution in [3.8, 4) is 11.1 Å². The molecule has 156 valence electrons. The van der Waals surface area contributed by atoms with Gasteiger partial charge >= 0.3 is 12.3 Å². The largest absolute Gasteiger partial charge is 0.529 e. The number of halogens is 4. The second kappa shape index (κ2) is 8.36. The molecule has 0 radical (unpaired) electrons. The van der Waals surface area contributed by atoms with E-state index in [0.717, 1.165) is 12.4 Å². The zero-order valence-corrected chi connectivity index (χ0v) is 17.2. The van der Waals surface area contributed by atoms with E-state index in [-0.39, 0.29) is 5.56 Å². The quantitative estimate of drug-likeness (QED) is 0.666. The lowest BCUT2D eigenvalue weighted by molar-refractivity contribution is -0.263. The molecule has 2 amide bonds. The van der Waals surface area contributed by atoms with Gasteiger partial charge in [0, 0.05) is 22.4 Å². The van der Waals surface area contributed by atoms with E-state index in [9.17, 15) is 27.9 Å². The van der Waals surface area contributed by atoms with Crippen LogP contribution in [0, 0.1) is 0 Å². The minimum atomic E-state index is -4.66. The highest BCUT2D eigenvalue weighted by molar-refractivity contribution is 9.10. The Bertz CT molecular complexity index is 912. The van der Waals surface area contributed by atoms with Gasteiger partial charge in [-0.3, -0.25) is 4.90 Å². The van der Waals surface area contributed by atoms with Gasteiger partial charge in [-0.1, -0.05) is 22.0 Å². The van der Waals surface area contributed by atoms with Crippen LogP contribution in [0.4, 0.5) is 22.8 Å². The van der Waals surface area contributed by atoms with Crippen LogP contribution < -0.4 is 5.11 Å². The van der Waals surface area contributed by atoms with E-state index in [0.29, 0.717) is 20.5 Å². The van der Waals surface area contributed by atoms with Gasteiger partial charge in [0.15, 0.2) is 0 Å². The number of amides is 2. The Balaban J connectivity index is 2.32. The minimum Gasteiger partial charge on any atom is -0.529 e. The van der Waals surface area contributed by atoms with Crippen LogP contribution in [0.2, 0.25) is 0 Å². The predicted octanol–water partition coefficient (Wildman–Crippen LogP) is 4.01. The second-order valence-corrected chi connectivity index (χ2v) is 7.79. The summed E-state index contributed by atoms with van der Waals surface area (Å²) in [4.78, 5) is 30.5. The summed E-state index contributed by atoms with van der Waals surface area (Å²) in [5.41, 5.74) is 0.155. The van der Waals surface area contributed by atoms with E-state index < -0.39 is 36.3 Å². The third-order valence-corrected chi connectivity index (χ3v) is 4.22. The molecule has 0 spiro atoms. The molecule has 2 rings (SSSR count). The van der Waals surface area contributed by atoms with Crippen LogP contribution in [0.5, 0.6) is 0 Å². The first-order chi connectivity index (χ1) is 13.3. The van der Waals surface area contributed by atoms with E-state index in [4.69, 9.17) is 4.74 Å². The molecule has 1 heterocycles. The molecule has 0 unspecified atom stereocenters. The van der Waals surface area contributed by atoms with Gasteiger partial charge in [-0.25, -0.2) is 14.8 Å². The molecule has 0 N–H and O–H groups in total. The maximum atomic E-state index is 12.6. The summed E-state index contributed by atoms with van der Waals surface area (Å²) in [6.07, 6.45) is -5.51. The summed E-state index contributed by atoms with van der Waals surface area (Å²) in [6.45, 7) is 4.35. The smallest absolute Gasteiger partial charge is 0.451 e. The van der Waals surface area contributed by atoms with Gasteiger partial charge in [0.05, 0.1) is 6.54 Å². The van der Waals surface area contributed by atoms with Crippen LogP contribution in [-0.2, 0) is 17.5 Å². The van der Waals surface area contributed by atoms with E-state index in [1.54, 1.807) is 32.9 Å². The molecule has 0 atom stereocenters. The first kappa shape index (κ1) is 22.6. The van der Waals surface area contributed by atoms with Crippen molar-refractivity contribution in [2.75, 3.05) is 0 Å². The lowest BCUT2D eigenvalue weighted by atomic mass is 10.1. The van der Waals surface area contributed by atoms with Crippen molar-refractivity contribution < 1.29 is 32.6 Å². The van der Waals surface area contributed by atoms with Gasteiger partial charge < -0.3 is 14.6 Å². The molecule has 29 heavy (non-hydrogen) atoms. The molecular formula is C18H16BrF3N3O4-. The number of carbonyl (C=O) groups excluding carboxylic acids is 2. The maximum Gasteiger partial charge on any atom is 0.451 e. The van der Waals surface area contributed by atoms with Crippen LogP contribution in [0.1, 0.15) is 32.2 Å². The van der Waals surface area contributed by atoms with Crippen molar-refractivity contribution in [1.82, 2.24) is 14.9 Å². The number of aromatic nitrogens is 2. The zero-order valence-electron chi connectivity index (χ0n) is 15.6. The van der Waals surface area contributed by atoms with Crippen molar-refractivity contribution in [3.05, 3.63) is 46.5 Å². The predicted molar refractivity (Wildman–Crippen MR) is 97.3 cm³/mol.